The third-order valence-corrected chi connectivity index (χ3v) is 7.86. The molecule has 0 bridgehead atoms. The fourth-order valence-corrected chi connectivity index (χ4v) is 6.67. The third-order valence-electron chi connectivity index (χ3n) is 7.86. The third kappa shape index (κ3) is 3.39. The molecule has 177 valence electrons. The molecule has 0 unspecified atom stereocenters. The van der Waals surface area contributed by atoms with Gasteiger partial charge in [0.05, 0.1) is 12.2 Å². The molecule has 1 radical (unpaired) electrons. The van der Waals surface area contributed by atoms with Crippen LogP contribution < -0.4 is 0 Å². The largest absolute Gasteiger partial charge is 0.462 e. The first-order valence-corrected chi connectivity index (χ1v) is 12.4. The lowest BCUT2D eigenvalue weighted by atomic mass is 9.75. The number of piperidine rings is 1. The summed E-state index contributed by atoms with van der Waals surface area (Å²) < 4.78 is 6.03. The van der Waals surface area contributed by atoms with Gasteiger partial charge >= 0.3 is 5.97 Å². The molecule has 6 rings (SSSR count). The zero-order valence-electron chi connectivity index (χ0n) is 20.7. The second-order valence-corrected chi connectivity index (χ2v) is 11.4. The number of hydrogen-bond acceptors (Lipinski definition) is 3. The van der Waals surface area contributed by atoms with E-state index in [1.165, 1.54) is 21.2 Å². The van der Waals surface area contributed by atoms with Crippen molar-refractivity contribution in [2.24, 2.45) is 5.92 Å². The Morgan fingerprint density at radius 3 is 2.03 bits per heavy atom. The molecule has 0 aliphatic carbocycles. The van der Waals surface area contributed by atoms with Gasteiger partial charge in [-0.2, -0.15) is 0 Å². The summed E-state index contributed by atoms with van der Waals surface area (Å²) in [6.07, 6.45) is 1.40. The zero-order chi connectivity index (χ0) is 24.5. The number of hydroxylamine groups is 2. The van der Waals surface area contributed by atoms with Crippen molar-refractivity contribution in [3.63, 3.8) is 0 Å². The summed E-state index contributed by atoms with van der Waals surface area (Å²) in [4.78, 5) is 13.7. The van der Waals surface area contributed by atoms with Gasteiger partial charge in [0.25, 0.3) is 0 Å². The van der Waals surface area contributed by atoms with Gasteiger partial charge < -0.3 is 4.74 Å². The highest BCUT2D eigenvalue weighted by Crippen LogP contribution is 2.42. The van der Waals surface area contributed by atoms with E-state index in [0.29, 0.717) is 25.0 Å². The number of hydrogen-bond donors (Lipinski definition) is 0. The Bertz CT molecular complexity index is 1570. The van der Waals surface area contributed by atoms with E-state index in [0.717, 1.165) is 26.9 Å². The first kappa shape index (κ1) is 22.3. The number of carbonyl (C=O) groups is 1. The Morgan fingerprint density at radius 1 is 0.771 bits per heavy atom. The highest BCUT2D eigenvalue weighted by atomic mass is 16.5. The normalized spacial score (nSPS) is 18.7. The molecule has 1 aliphatic heterocycles. The van der Waals surface area contributed by atoms with Crippen LogP contribution in [0.4, 0.5) is 0 Å². The average molecular weight is 465 g/mol. The molecule has 1 fully saturated rings. The molecule has 0 spiro atoms. The van der Waals surface area contributed by atoms with Gasteiger partial charge in [0.1, 0.15) is 0 Å². The SMILES string of the molecule is CC1(C)CC(COC(=O)c2c3ccccc3c3ccc4cccc5ccc2c3c54)CC(C)(C)N1[O]. The molecule has 5 aromatic rings. The predicted molar refractivity (Wildman–Crippen MR) is 141 cm³/mol. The molecule has 1 saturated heterocycles. The van der Waals surface area contributed by atoms with Crippen LogP contribution in [0.5, 0.6) is 0 Å². The Hall–Kier alpha value is -3.21. The Labute approximate surface area is 205 Å². The summed E-state index contributed by atoms with van der Waals surface area (Å²) in [5.74, 6) is -0.153. The average Bonchev–Trinajstić information content (AvgIpc) is 2.83. The highest BCUT2D eigenvalue weighted by Gasteiger charge is 2.46. The van der Waals surface area contributed by atoms with Crippen molar-refractivity contribution in [3.8, 4) is 0 Å². The van der Waals surface area contributed by atoms with Crippen LogP contribution in [0.25, 0.3) is 43.1 Å². The van der Waals surface area contributed by atoms with E-state index in [-0.39, 0.29) is 11.9 Å². The number of carbonyl (C=O) groups excluding carboxylic acids is 1. The van der Waals surface area contributed by atoms with E-state index in [9.17, 15) is 10.0 Å². The van der Waals surface area contributed by atoms with Gasteiger partial charge in [-0.1, -0.05) is 66.7 Å². The van der Waals surface area contributed by atoms with Crippen LogP contribution in [-0.2, 0) is 9.94 Å². The van der Waals surface area contributed by atoms with Gasteiger partial charge in [0, 0.05) is 11.1 Å². The van der Waals surface area contributed by atoms with Crippen molar-refractivity contribution >= 4 is 49.1 Å². The molecule has 5 aromatic carbocycles. The number of fused-ring (bicyclic) bond motifs is 2. The van der Waals surface area contributed by atoms with Gasteiger partial charge in [-0.05, 0) is 89.5 Å². The van der Waals surface area contributed by atoms with Gasteiger partial charge in [0.2, 0.25) is 0 Å². The predicted octanol–water partition coefficient (Wildman–Crippen LogP) is 7.51. The lowest BCUT2D eigenvalue weighted by Gasteiger charge is -2.49. The molecule has 4 nitrogen and oxygen atoms in total. The lowest BCUT2D eigenvalue weighted by molar-refractivity contribution is -0.295. The van der Waals surface area contributed by atoms with Crippen molar-refractivity contribution in [1.29, 1.82) is 0 Å². The van der Waals surface area contributed by atoms with Crippen LogP contribution in [0.1, 0.15) is 50.9 Å². The van der Waals surface area contributed by atoms with Crippen LogP contribution in [-0.4, -0.2) is 28.7 Å². The first-order valence-electron chi connectivity index (χ1n) is 12.4. The molecular weight excluding hydrogens is 434 g/mol. The minimum absolute atomic E-state index is 0.139. The Balaban J connectivity index is 1.46. The maximum atomic E-state index is 13.7. The van der Waals surface area contributed by atoms with Gasteiger partial charge in [0.15, 0.2) is 0 Å². The molecule has 0 amide bonds. The Morgan fingerprint density at radius 2 is 1.37 bits per heavy atom. The van der Waals surface area contributed by atoms with E-state index in [1.807, 2.05) is 45.9 Å². The van der Waals surface area contributed by atoms with Crippen LogP contribution >= 0.6 is 0 Å². The molecule has 1 heterocycles. The monoisotopic (exact) mass is 464 g/mol. The van der Waals surface area contributed by atoms with E-state index in [4.69, 9.17) is 4.74 Å². The standard InChI is InChI=1S/C31H30NO3/c1-30(2)16-19(17-31(3,4)32(30)34)18-35-29(33)28-23-11-6-5-10-22(23)24-14-12-20-8-7-9-21-13-15-25(28)27(24)26(20)21/h5-15,19H,16-18H2,1-4H3. The van der Waals surface area contributed by atoms with Crippen molar-refractivity contribution < 1.29 is 14.7 Å². The molecule has 0 saturated carbocycles. The van der Waals surface area contributed by atoms with E-state index >= 15 is 0 Å². The summed E-state index contributed by atoms with van der Waals surface area (Å²) in [6, 6.07) is 22.9. The van der Waals surface area contributed by atoms with E-state index < -0.39 is 11.1 Å². The Kier molecular flexibility index (Phi) is 4.86. The second-order valence-electron chi connectivity index (χ2n) is 11.4. The zero-order valence-corrected chi connectivity index (χ0v) is 20.7. The molecule has 1 aliphatic rings. The molecule has 0 aromatic heterocycles. The van der Waals surface area contributed by atoms with Gasteiger partial charge in [-0.15, -0.1) is 10.3 Å². The fraction of sp³-hybridized carbons (Fsp3) is 0.323. The van der Waals surface area contributed by atoms with Crippen LogP contribution in [0, 0.1) is 5.92 Å². The number of nitrogens with zero attached hydrogens (tertiary/aromatic N) is 1. The molecule has 4 heteroatoms. The molecule has 0 N–H and O–H groups in total. The minimum Gasteiger partial charge on any atom is -0.462 e. The first-order chi connectivity index (χ1) is 16.7. The van der Waals surface area contributed by atoms with E-state index in [2.05, 4.69) is 48.5 Å². The van der Waals surface area contributed by atoms with Crippen LogP contribution in [0.15, 0.2) is 66.7 Å². The maximum absolute atomic E-state index is 13.7. The fourth-order valence-electron chi connectivity index (χ4n) is 6.67. The topological polar surface area (TPSA) is 49.4 Å². The smallest absolute Gasteiger partial charge is 0.339 e. The number of esters is 1. The van der Waals surface area contributed by atoms with Crippen molar-refractivity contribution in [1.82, 2.24) is 5.06 Å². The summed E-state index contributed by atoms with van der Waals surface area (Å²) in [6.45, 7) is 8.22. The van der Waals surface area contributed by atoms with Crippen molar-refractivity contribution in [3.05, 3.63) is 72.3 Å². The quantitative estimate of drug-likeness (QED) is 0.158. The molecular formula is C31H30NO3. The molecule has 0 atom stereocenters. The maximum Gasteiger partial charge on any atom is 0.339 e. The lowest BCUT2D eigenvalue weighted by Crippen LogP contribution is -2.58. The van der Waals surface area contributed by atoms with Crippen molar-refractivity contribution in [2.45, 2.75) is 51.6 Å². The number of rotatable bonds is 3. The summed E-state index contributed by atoms with van der Waals surface area (Å²) in [7, 11) is 0. The van der Waals surface area contributed by atoms with Gasteiger partial charge in [-0.25, -0.2) is 4.79 Å². The second kappa shape index (κ2) is 7.64. The summed E-state index contributed by atoms with van der Waals surface area (Å²) >= 11 is 0. The van der Waals surface area contributed by atoms with Crippen LogP contribution in [0.3, 0.4) is 0 Å². The number of benzene rings is 5. The van der Waals surface area contributed by atoms with Gasteiger partial charge in [-0.3, -0.25) is 0 Å². The molecule has 35 heavy (non-hydrogen) atoms. The summed E-state index contributed by atoms with van der Waals surface area (Å²) in [5.41, 5.74) is -0.344. The highest BCUT2D eigenvalue weighted by molar-refractivity contribution is 6.33. The van der Waals surface area contributed by atoms with E-state index in [1.54, 1.807) is 0 Å². The minimum atomic E-state index is -0.488. The van der Waals surface area contributed by atoms with Crippen LogP contribution in [0.2, 0.25) is 0 Å². The summed E-state index contributed by atoms with van der Waals surface area (Å²) in [5, 5.41) is 22.7. The van der Waals surface area contributed by atoms with Crippen molar-refractivity contribution in [2.75, 3.05) is 6.61 Å². The number of ether oxygens (including phenoxy) is 1.